The second kappa shape index (κ2) is 8.78. The molecule has 0 unspecified atom stereocenters. The standard InChI is InChI=1S/C21H16Cl2N2O3/c1-13(15-11-18(22)20(26)19(23)12-15)24-25-21(27)14-6-5-9-17(10-14)28-16-7-3-2-4-8-16/h2-12,26H,1H3,(H,25,27)/b24-13+. The summed E-state index contributed by atoms with van der Waals surface area (Å²) in [5.74, 6) is 0.625. The summed E-state index contributed by atoms with van der Waals surface area (Å²) in [5.41, 5.74) is 3.94. The van der Waals surface area contributed by atoms with Gasteiger partial charge in [-0.15, -0.1) is 0 Å². The number of ether oxygens (including phenoxy) is 1. The summed E-state index contributed by atoms with van der Waals surface area (Å²) in [7, 11) is 0. The van der Waals surface area contributed by atoms with Gasteiger partial charge in [0.05, 0.1) is 15.8 Å². The molecule has 0 atom stereocenters. The van der Waals surface area contributed by atoms with Crippen LogP contribution < -0.4 is 10.2 Å². The van der Waals surface area contributed by atoms with Gasteiger partial charge >= 0.3 is 0 Å². The number of phenols is 1. The van der Waals surface area contributed by atoms with Gasteiger partial charge in [-0.25, -0.2) is 5.43 Å². The van der Waals surface area contributed by atoms with Gasteiger partial charge in [0.15, 0.2) is 5.75 Å². The van der Waals surface area contributed by atoms with Crippen molar-refractivity contribution in [2.45, 2.75) is 6.92 Å². The van der Waals surface area contributed by atoms with Crippen LogP contribution in [0, 0.1) is 0 Å². The average molecular weight is 415 g/mol. The highest BCUT2D eigenvalue weighted by atomic mass is 35.5. The van der Waals surface area contributed by atoms with Gasteiger partial charge in [-0.1, -0.05) is 47.5 Å². The van der Waals surface area contributed by atoms with E-state index >= 15 is 0 Å². The number of amides is 1. The molecule has 0 radical (unpaired) electrons. The number of nitrogens with zero attached hydrogens (tertiary/aromatic N) is 1. The second-order valence-corrected chi connectivity index (χ2v) is 6.68. The van der Waals surface area contributed by atoms with E-state index in [0.717, 1.165) is 0 Å². The van der Waals surface area contributed by atoms with Crippen LogP contribution in [-0.4, -0.2) is 16.7 Å². The number of hydrogen-bond donors (Lipinski definition) is 2. The first-order valence-electron chi connectivity index (χ1n) is 8.30. The molecule has 0 bridgehead atoms. The van der Waals surface area contributed by atoms with Crippen molar-refractivity contribution in [2.75, 3.05) is 0 Å². The maximum absolute atomic E-state index is 12.4. The minimum absolute atomic E-state index is 0.106. The highest BCUT2D eigenvalue weighted by Crippen LogP contribution is 2.32. The molecule has 28 heavy (non-hydrogen) atoms. The SMILES string of the molecule is C/C(=N\NC(=O)c1cccc(Oc2ccccc2)c1)c1cc(Cl)c(O)c(Cl)c1. The van der Waals surface area contributed by atoms with Crippen molar-refractivity contribution in [2.24, 2.45) is 5.10 Å². The fraction of sp³-hybridized carbons (Fsp3) is 0.0476. The van der Waals surface area contributed by atoms with Gasteiger partial charge in [0.2, 0.25) is 0 Å². The van der Waals surface area contributed by atoms with Crippen molar-refractivity contribution in [1.82, 2.24) is 5.43 Å². The first-order valence-corrected chi connectivity index (χ1v) is 9.05. The van der Waals surface area contributed by atoms with Crippen molar-refractivity contribution in [3.63, 3.8) is 0 Å². The van der Waals surface area contributed by atoms with Crippen LogP contribution in [0.2, 0.25) is 10.0 Å². The molecule has 0 spiro atoms. The number of aromatic hydroxyl groups is 1. The number of carbonyl (C=O) groups excluding carboxylic acids is 1. The van der Waals surface area contributed by atoms with Crippen LogP contribution in [0.1, 0.15) is 22.8 Å². The van der Waals surface area contributed by atoms with Gasteiger partial charge in [0.1, 0.15) is 11.5 Å². The molecule has 2 N–H and O–H groups in total. The number of benzene rings is 3. The maximum Gasteiger partial charge on any atom is 0.271 e. The Labute approximate surface area is 172 Å². The number of para-hydroxylation sites is 1. The smallest absolute Gasteiger partial charge is 0.271 e. The van der Waals surface area contributed by atoms with E-state index in [1.807, 2.05) is 30.3 Å². The van der Waals surface area contributed by atoms with E-state index in [1.165, 1.54) is 12.1 Å². The van der Waals surface area contributed by atoms with Gasteiger partial charge < -0.3 is 9.84 Å². The third-order valence-corrected chi connectivity index (χ3v) is 4.41. The Bertz CT molecular complexity index is 1010. The lowest BCUT2D eigenvalue weighted by atomic mass is 10.1. The van der Waals surface area contributed by atoms with Gasteiger partial charge in [-0.05, 0) is 49.4 Å². The maximum atomic E-state index is 12.4. The zero-order valence-corrected chi connectivity index (χ0v) is 16.3. The zero-order chi connectivity index (χ0) is 20.1. The minimum atomic E-state index is -0.395. The summed E-state index contributed by atoms with van der Waals surface area (Å²) >= 11 is 11.8. The topological polar surface area (TPSA) is 70.9 Å². The Morgan fingerprint density at radius 2 is 1.57 bits per heavy atom. The quantitative estimate of drug-likeness (QED) is 0.418. The van der Waals surface area contributed by atoms with E-state index in [1.54, 1.807) is 31.2 Å². The molecule has 0 saturated heterocycles. The molecule has 7 heteroatoms. The van der Waals surface area contributed by atoms with Crippen molar-refractivity contribution >= 4 is 34.8 Å². The van der Waals surface area contributed by atoms with E-state index in [0.29, 0.717) is 28.3 Å². The Balaban J connectivity index is 1.72. The molecule has 0 aromatic heterocycles. The number of carbonyl (C=O) groups is 1. The largest absolute Gasteiger partial charge is 0.505 e. The van der Waals surface area contributed by atoms with E-state index in [2.05, 4.69) is 10.5 Å². The third kappa shape index (κ3) is 4.82. The Kier molecular flexibility index (Phi) is 6.19. The molecular weight excluding hydrogens is 399 g/mol. The number of hydrogen-bond acceptors (Lipinski definition) is 4. The summed E-state index contributed by atoms with van der Waals surface area (Å²) < 4.78 is 5.73. The molecule has 3 aromatic rings. The molecule has 1 amide bonds. The van der Waals surface area contributed by atoms with Gasteiger partial charge in [-0.2, -0.15) is 5.10 Å². The average Bonchev–Trinajstić information content (AvgIpc) is 2.70. The van der Waals surface area contributed by atoms with E-state index < -0.39 is 5.91 Å². The fourth-order valence-corrected chi connectivity index (χ4v) is 2.85. The summed E-state index contributed by atoms with van der Waals surface area (Å²) in [4.78, 5) is 12.4. The van der Waals surface area contributed by atoms with E-state index in [4.69, 9.17) is 27.9 Å². The van der Waals surface area contributed by atoms with Crippen molar-refractivity contribution in [1.29, 1.82) is 0 Å². The molecule has 0 aliphatic heterocycles. The summed E-state index contributed by atoms with van der Waals surface area (Å²) in [5, 5.41) is 13.9. The Morgan fingerprint density at radius 1 is 0.929 bits per heavy atom. The van der Waals surface area contributed by atoms with Crippen LogP contribution in [-0.2, 0) is 0 Å². The molecule has 142 valence electrons. The van der Waals surface area contributed by atoms with Crippen LogP contribution in [0.15, 0.2) is 71.8 Å². The molecule has 5 nitrogen and oxygen atoms in total. The number of halogens is 2. The van der Waals surface area contributed by atoms with Crippen molar-refractivity contribution in [3.05, 3.63) is 87.9 Å². The zero-order valence-electron chi connectivity index (χ0n) is 14.8. The van der Waals surface area contributed by atoms with Crippen LogP contribution in [0.25, 0.3) is 0 Å². The highest BCUT2D eigenvalue weighted by molar-refractivity contribution is 6.37. The van der Waals surface area contributed by atoms with E-state index in [-0.39, 0.29) is 15.8 Å². The number of phenolic OH excluding ortho intramolecular Hbond substituents is 1. The number of hydrazone groups is 1. The lowest BCUT2D eigenvalue weighted by molar-refractivity contribution is 0.0954. The molecule has 3 rings (SSSR count). The summed E-state index contributed by atoms with van der Waals surface area (Å²) in [6.45, 7) is 1.69. The van der Waals surface area contributed by atoms with Crippen LogP contribution in [0.5, 0.6) is 17.2 Å². The molecule has 0 aliphatic rings. The van der Waals surface area contributed by atoms with Gasteiger partial charge in [-0.3, -0.25) is 4.79 Å². The summed E-state index contributed by atoms with van der Waals surface area (Å²) in [6, 6.07) is 19.1. The normalized spacial score (nSPS) is 11.2. The predicted octanol–water partition coefficient (Wildman–Crippen LogP) is 5.65. The molecule has 0 fully saturated rings. The Morgan fingerprint density at radius 3 is 2.25 bits per heavy atom. The van der Waals surface area contributed by atoms with Crippen LogP contribution >= 0.6 is 23.2 Å². The van der Waals surface area contributed by atoms with Gasteiger partial charge in [0, 0.05) is 11.1 Å². The monoisotopic (exact) mass is 414 g/mol. The van der Waals surface area contributed by atoms with Crippen molar-refractivity contribution < 1.29 is 14.6 Å². The highest BCUT2D eigenvalue weighted by Gasteiger charge is 2.10. The fourth-order valence-electron chi connectivity index (χ4n) is 2.36. The molecule has 0 aliphatic carbocycles. The van der Waals surface area contributed by atoms with Gasteiger partial charge in [0.25, 0.3) is 5.91 Å². The molecular formula is C21H16Cl2N2O3. The predicted molar refractivity (Wildman–Crippen MR) is 111 cm³/mol. The Hall–Kier alpha value is -3.02. The third-order valence-electron chi connectivity index (χ3n) is 3.83. The lowest BCUT2D eigenvalue weighted by Crippen LogP contribution is -2.19. The second-order valence-electron chi connectivity index (χ2n) is 5.87. The first-order chi connectivity index (χ1) is 13.4. The first kappa shape index (κ1) is 19.7. The van der Waals surface area contributed by atoms with Crippen LogP contribution in [0.4, 0.5) is 0 Å². The lowest BCUT2D eigenvalue weighted by Gasteiger charge is -2.08. The van der Waals surface area contributed by atoms with E-state index in [9.17, 15) is 9.90 Å². The summed E-state index contributed by atoms with van der Waals surface area (Å²) in [6.07, 6.45) is 0. The van der Waals surface area contributed by atoms with Crippen LogP contribution in [0.3, 0.4) is 0 Å². The minimum Gasteiger partial charge on any atom is -0.505 e. The molecule has 3 aromatic carbocycles. The molecule has 0 heterocycles. The molecule has 0 saturated carbocycles. The van der Waals surface area contributed by atoms with Crippen molar-refractivity contribution in [3.8, 4) is 17.2 Å². The number of rotatable bonds is 5. The number of nitrogens with one attached hydrogen (secondary N) is 1.